The average molecular weight is 291 g/mol. The van der Waals surface area contributed by atoms with E-state index in [2.05, 4.69) is 17.6 Å². The van der Waals surface area contributed by atoms with E-state index in [1.165, 1.54) is 6.42 Å². The fourth-order valence-corrected chi connectivity index (χ4v) is 3.05. The fraction of sp³-hybridized carbons (Fsp3) is 0.929. The predicted octanol–water partition coefficient (Wildman–Crippen LogP) is 1.87. The van der Waals surface area contributed by atoms with Gasteiger partial charge in [-0.1, -0.05) is 6.42 Å². The lowest BCUT2D eigenvalue weighted by molar-refractivity contribution is -0.138. The molecule has 2 fully saturated rings. The van der Waals surface area contributed by atoms with Crippen molar-refractivity contribution in [3.63, 3.8) is 0 Å². The van der Waals surface area contributed by atoms with Gasteiger partial charge in [-0.2, -0.15) is 0 Å². The van der Waals surface area contributed by atoms with Gasteiger partial charge in [0.15, 0.2) is 0 Å². The minimum Gasteiger partial charge on any atom is -0.385 e. The molecule has 4 nitrogen and oxygen atoms in total. The van der Waals surface area contributed by atoms with Crippen molar-refractivity contribution in [2.24, 2.45) is 5.41 Å². The van der Waals surface area contributed by atoms with Crippen molar-refractivity contribution in [2.75, 3.05) is 20.3 Å². The third kappa shape index (κ3) is 3.83. The molecule has 5 heteroatoms. The van der Waals surface area contributed by atoms with E-state index in [4.69, 9.17) is 4.74 Å². The summed E-state index contributed by atoms with van der Waals surface area (Å²) in [5.74, 6) is 0.256. The van der Waals surface area contributed by atoms with E-state index >= 15 is 0 Å². The van der Waals surface area contributed by atoms with Gasteiger partial charge in [-0.25, -0.2) is 0 Å². The highest BCUT2D eigenvalue weighted by atomic mass is 35.5. The normalized spacial score (nSPS) is 28.9. The molecule has 2 aliphatic rings. The van der Waals surface area contributed by atoms with Crippen molar-refractivity contribution in [1.82, 2.24) is 10.6 Å². The lowest BCUT2D eigenvalue weighted by Gasteiger charge is -2.42. The Bertz CT molecular complexity index is 295. The second-order valence-electron chi connectivity index (χ2n) is 5.84. The quantitative estimate of drug-likeness (QED) is 0.813. The summed E-state index contributed by atoms with van der Waals surface area (Å²) < 4.78 is 5.14. The van der Waals surface area contributed by atoms with Gasteiger partial charge in [-0.05, 0) is 45.6 Å². The molecular formula is C14H27ClN2O2. The number of hydrogen-bond donors (Lipinski definition) is 2. The lowest BCUT2D eigenvalue weighted by Crippen LogP contribution is -2.56. The first-order valence-electron chi connectivity index (χ1n) is 7.21. The molecule has 0 spiro atoms. The average Bonchev–Trinajstić information content (AvgIpc) is 2.31. The first kappa shape index (κ1) is 16.7. The number of ether oxygens (including phenoxy) is 1. The van der Waals surface area contributed by atoms with Gasteiger partial charge in [0, 0.05) is 25.8 Å². The molecule has 112 valence electrons. The van der Waals surface area contributed by atoms with E-state index < -0.39 is 0 Å². The van der Waals surface area contributed by atoms with Gasteiger partial charge >= 0.3 is 0 Å². The summed E-state index contributed by atoms with van der Waals surface area (Å²) >= 11 is 0. The maximum atomic E-state index is 12.5. The molecule has 0 aromatic rings. The summed E-state index contributed by atoms with van der Waals surface area (Å²) in [6.07, 6.45) is 6.34. The largest absolute Gasteiger partial charge is 0.385 e. The van der Waals surface area contributed by atoms with Crippen LogP contribution in [0.1, 0.15) is 45.4 Å². The summed E-state index contributed by atoms with van der Waals surface area (Å²) in [5.41, 5.74) is -0.132. The summed E-state index contributed by atoms with van der Waals surface area (Å²) in [4.78, 5) is 12.5. The SMILES string of the molecule is COCCC1(C(=O)NC2CCCNC2C)CCC1.Cl. The highest BCUT2D eigenvalue weighted by Gasteiger charge is 2.44. The molecule has 0 aromatic heterocycles. The molecule has 1 amide bonds. The van der Waals surface area contributed by atoms with E-state index in [-0.39, 0.29) is 23.7 Å². The highest BCUT2D eigenvalue weighted by Crippen LogP contribution is 2.44. The molecule has 1 heterocycles. The molecule has 2 rings (SSSR count). The number of amides is 1. The Balaban J connectivity index is 0.00000180. The van der Waals surface area contributed by atoms with Crippen LogP contribution in [0.25, 0.3) is 0 Å². The predicted molar refractivity (Wildman–Crippen MR) is 78.7 cm³/mol. The zero-order valence-corrected chi connectivity index (χ0v) is 12.9. The van der Waals surface area contributed by atoms with E-state index in [9.17, 15) is 4.79 Å². The monoisotopic (exact) mass is 290 g/mol. The maximum Gasteiger partial charge on any atom is 0.226 e. The smallest absolute Gasteiger partial charge is 0.226 e. The van der Waals surface area contributed by atoms with Gasteiger partial charge in [0.2, 0.25) is 5.91 Å². The summed E-state index contributed by atoms with van der Waals surface area (Å²) in [6.45, 7) is 3.92. The second kappa shape index (κ2) is 7.46. The van der Waals surface area contributed by atoms with E-state index in [1.807, 2.05) is 0 Å². The standard InChI is InChI=1S/C14H26N2O2.ClH/c1-11-12(5-3-9-15-11)16-13(17)14(6-4-7-14)8-10-18-2;/h11-12,15H,3-10H2,1-2H3,(H,16,17);1H. The van der Waals surface area contributed by atoms with E-state index in [1.54, 1.807) is 7.11 Å². The van der Waals surface area contributed by atoms with Crippen LogP contribution in [-0.4, -0.2) is 38.3 Å². The van der Waals surface area contributed by atoms with Crippen molar-refractivity contribution >= 4 is 18.3 Å². The number of carbonyl (C=O) groups is 1. The summed E-state index contributed by atoms with van der Waals surface area (Å²) in [5, 5.41) is 6.69. The van der Waals surface area contributed by atoms with Crippen LogP contribution in [0.2, 0.25) is 0 Å². The van der Waals surface area contributed by atoms with Gasteiger partial charge < -0.3 is 15.4 Å². The Hall–Kier alpha value is -0.320. The maximum absolute atomic E-state index is 12.5. The molecule has 1 saturated carbocycles. The number of halogens is 1. The number of hydrogen-bond acceptors (Lipinski definition) is 3. The zero-order chi connectivity index (χ0) is 13.0. The Morgan fingerprint density at radius 1 is 1.42 bits per heavy atom. The molecule has 0 aromatic carbocycles. The second-order valence-corrected chi connectivity index (χ2v) is 5.84. The van der Waals surface area contributed by atoms with Crippen LogP contribution >= 0.6 is 12.4 Å². The molecule has 2 N–H and O–H groups in total. The molecule has 0 radical (unpaired) electrons. The Kier molecular flexibility index (Phi) is 6.57. The van der Waals surface area contributed by atoms with E-state index in [0.717, 1.165) is 38.6 Å². The zero-order valence-electron chi connectivity index (χ0n) is 12.0. The highest BCUT2D eigenvalue weighted by molar-refractivity contribution is 5.85. The fourth-order valence-electron chi connectivity index (χ4n) is 3.05. The minimum atomic E-state index is -0.132. The number of methoxy groups -OCH3 is 1. The number of piperidine rings is 1. The Morgan fingerprint density at radius 3 is 2.68 bits per heavy atom. The molecule has 2 unspecified atom stereocenters. The molecule has 19 heavy (non-hydrogen) atoms. The van der Waals surface area contributed by atoms with Crippen LogP contribution in [0.3, 0.4) is 0 Å². The number of carbonyl (C=O) groups excluding carboxylic acids is 1. The molecule has 1 saturated heterocycles. The first-order chi connectivity index (χ1) is 8.68. The van der Waals surface area contributed by atoms with Crippen molar-refractivity contribution in [2.45, 2.75) is 57.5 Å². The van der Waals surface area contributed by atoms with Gasteiger partial charge in [0.1, 0.15) is 0 Å². The van der Waals surface area contributed by atoms with Crippen molar-refractivity contribution < 1.29 is 9.53 Å². The minimum absolute atomic E-state index is 0. The Labute approximate surface area is 122 Å². The lowest BCUT2D eigenvalue weighted by atomic mass is 9.66. The topological polar surface area (TPSA) is 50.4 Å². The molecule has 0 bridgehead atoms. The Morgan fingerprint density at radius 2 is 2.16 bits per heavy atom. The third-order valence-electron chi connectivity index (χ3n) is 4.66. The van der Waals surface area contributed by atoms with Crippen LogP contribution < -0.4 is 10.6 Å². The number of nitrogens with one attached hydrogen (secondary N) is 2. The van der Waals surface area contributed by atoms with Crippen LogP contribution in [0.15, 0.2) is 0 Å². The summed E-state index contributed by atoms with van der Waals surface area (Å²) in [6, 6.07) is 0.688. The van der Waals surface area contributed by atoms with Crippen LogP contribution in [0, 0.1) is 5.41 Å². The molecule has 1 aliphatic carbocycles. The number of rotatable bonds is 5. The van der Waals surface area contributed by atoms with Crippen LogP contribution in [0.5, 0.6) is 0 Å². The van der Waals surface area contributed by atoms with Gasteiger partial charge in [-0.3, -0.25) is 4.79 Å². The molecular weight excluding hydrogens is 264 g/mol. The molecule has 1 aliphatic heterocycles. The van der Waals surface area contributed by atoms with Crippen LogP contribution in [-0.2, 0) is 9.53 Å². The van der Waals surface area contributed by atoms with E-state index in [0.29, 0.717) is 18.7 Å². The first-order valence-corrected chi connectivity index (χ1v) is 7.21. The van der Waals surface area contributed by atoms with Crippen LogP contribution in [0.4, 0.5) is 0 Å². The van der Waals surface area contributed by atoms with Gasteiger partial charge in [0.25, 0.3) is 0 Å². The third-order valence-corrected chi connectivity index (χ3v) is 4.66. The van der Waals surface area contributed by atoms with Gasteiger partial charge in [0.05, 0.1) is 5.41 Å². The van der Waals surface area contributed by atoms with Gasteiger partial charge in [-0.15, -0.1) is 12.4 Å². The van der Waals surface area contributed by atoms with Crippen molar-refractivity contribution in [3.8, 4) is 0 Å². The summed E-state index contributed by atoms with van der Waals surface area (Å²) in [7, 11) is 1.71. The van der Waals surface area contributed by atoms with Crippen molar-refractivity contribution in [1.29, 1.82) is 0 Å². The molecule has 2 atom stereocenters. The van der Waals surface area contributed by atoms with Crippen molar-refractivity contribution in [3.05, 3.63) is 0 Å².